The lowest BCUT2D eigenvalue weighted by Gasteiger charge is -2.26. The van der Waals surface area contributed by atoms with Crippen molar-refractivity contribution in [1.29, 1.82) is 0 Å². The van der Waals surface area contributed by atoms with Gasteiger partial charge in [-0.2, -0.15) is 11.8 Å². The third kappa shape index (κ3) is 6.06. The smallest absolute Gasteiger partial charge is 0.328 e. The largest absolute Gasteiger partial charge is 0.464 e. The number of carbonyl (C=O) groups excluding carboxylic acids is 3. The molecule has 1 rings (SSSR count). The van der Waals surface area contributed by atoms with Gasteiger partial charge in [0.1, 0.15) is 6.04 Å². The van der Waals surface area contributed by atoms with Crippen LogP contribution < -0.4 is 5.32 Å². The molecule has 5 nitrogen and oxygen atoms in total. The van der Waals surface area contributed by atoms with E-state index in [9.17, 15) is 14.4 Å². The number of amides is 1. The number of hydrogen-bond acceptors (Lipinski definition) is 6. The van der Waals surface area contributed by atoms with Crippen molar-refractivity contribution in [1.82, 2.24) is 5.32 Å². The van der Waals surface area contributed by atoms with Gasteiger partial charge in [-0.25, -0.2) is 4.79 Å². The third-order valence-corrected chi connectivity index (χ3v) is 4.99. The SMILES string of the molecule is CCOC(=O)C(CCSC)NC(=O)C1(CSC(C)=O)C=CC=C1. The van der Waals surface area contributed by atoms with E-state index in [1.807, 2.05) is 6.26 Å². The minimum Gasteiger partial charge on any atom is -0.464 e. The average molecular weight is 357 g/mol. The molecule has 0 saturated heterocycles. The second kappa shape index (κ2) is 9.82. The molecule has 0 aromatic rings. The number of hydrogen-bond donors (Lipinski definition) is 1. The summed E-state index contributed by atoms with van der Waals surface area (Å²) in [5, 5.41) is 2.74. The first-order valence-electron chi connectivity index (χ1n) is 7.42. The first-order valence-corrected chi connectivity index (χ1v) is 9.80. The summed E-state index contributed by atoms with van der Waals surface area (Å²) < 4.78 is 5.04. The highest BCUT2D eigenvalue weighted by molar-refractivity contribution is 8.13. The molecule has 0 radical (unpaired) electrons. The molecule has 1 N–H and O–H groups in total. The van der Waals surface area contributed by atoms with Crippen molar-refractivity contribution in [2.24, 2.45) is 5.41 Å². The fourth-order valence-corrected chi connectivity index (χ4v) is 3.30. The normalized spacial score (nSPS) is 16.1. The highest BCUT2D eigenvalue weighted by Gasteiger charge is 2.37. The summed E-state index contributed by atoms with van der Waals surface area (Å²) in [6.07, 6.45) is 9.53. The number of esters is 1. The molecule has 0 aromatic carbocycles. The summed E-state index contributed by atoms with van der Waals surface area (Å²) >= 11 is 2.70. The molecule has 0 heterocycles. The number of allylic oxidation sites excluding steroid dienone is 2. The molecule has 0 aromatic heterocycles. The van der Waals surface area contributed by atoms with Crippen molar-refractivity contribution < 1.29 is 19.1 Å². The van der Waals surface area contributed by atoms with Crippen LogP contribution in [0, 0.1) is 5.41 Å². The van der Waals surface area contributed by atoms with Gasteiger partial charge in [-0.3, -0.25) is 9.59 Å². The van der Waals surface area contributed by atoms with E-state index in [2.05, 4.69) is 5.32 Å². The minimum atomic E-state index is -0.888. The van der Waals surface area contributed by atoms with Crippen LogP contribution in [0.4, 0.5) is 0 Å². The maximum Gasteiger partial charge on any atom is 0.328 e. The molecular weight excluding hydrogens is 334 g/mol. The van der Waals surface area contributed by atoms with Gasteiger partial charge in [-0.05, 0) is 25.4 Å². The van der Waals surface area contributed by atoms with Crippen LogP contribution in [0.5, 0.6) is 0 Å². The minimum absolute atomic E-state index is 0.0461. The summed E-state index contributed by atoms with van der Waals surface area (Å²) in [5.74, 6) is 0.356. The molecule has 1 aliphatic carbocycles. The summed E-state index contributed by atoms with van der Waals surface area (Å²) in [7, 11) is 0. The summed E-state index contributed by atoms with van der Waals surface area (Å²) in [6.45, 7) is 3.48. The lowest BCUT2D eigenvalue weighted by atomic mass is 9.91. The van der Waals surface area contributed by atoms with Crippen LogP contribution >= 0.6 is 23.5 Å². The highest BCUT2D eigenvalue weighted by atomic mass is 32.2. The Balaban J connectivity index is 2.81. The topological polar surface area (TPSA) is 72.5 Å². The number of rotatable bonds is 9. The molecule has 0 fully saturated rings. The van der Waals surface area contributed by atoms with Gasteiger partial charge in [0.15, 0.2) is 5.12 Å². The average Bonchev–Trinajstić information content (AvgIpc) is 2.99. The number of thioether (sulfide) groups is 2. The Morgan fingerprint density at radius 1 is 1.26 bits per heavy atom. The van der Waals surface area contributed by atoms with Crippen LogP contribution in [-0.4, -0.2) is 47.4 Å². The van der Waals surface area contributed by atoms with E-state index in [1.165, 1.54) is 6.92 Å². The van der Waals surface area contributed by atoms with Crippen molar-refractivity contribution in [2.45, 2.75) is 26.3 Å². The van der Waals surface area contributed by atoms with E-state index in [1.54, 1.807) is 43.0 Å². The fraction of sp³-hybridized carbons (Fsp3) is 0.562. The zero-order valence-corrected chi connectivity index (χ0v) is 15.3. The first kappa shape index (κ1) is 19.8. The predicted molar refractivity (Wildman–Crippen MR) is 95.4 cm³/mol. The fourth-order valence-electron chi connectivity index (χ4n) is 2.06. The Labute approximate surface area is 145 Å². The van der Waals surface area contributed by atoms with Crippen molar-refractivity contribution in [3.8, 4) is 0 Å². The van der Waals surface area contributed by atoms with Crippen molar-refractivity contribution in [3.63, 3.8) is 0 Å². The first-order chi connectivity index (χ1) is 10.9. The molecule has 23 heavy (non-hydrogen) atoms. The van der Waals surface area contributed by atoms with E-state index in [-0.39, 0.29) is 17.6 Å². The van der Waals surface area contributed by atoms with Crippen molar-refractivity contribution >= 4 is 40.5 Å². The monoisotopic (exact) mass is 357 g/mol. The molecule has 7 heteroatoms. The van der Waals surface area contributed by atoms with E-state index < -0.39 is 17.4 Å². The molecular formula is C16H23NO4S2. The molecule has 128 valence electrons. The number of carbonyl (C=O) groups is 3. The summed E-state index contributed by atoms with van der Waals surface area (Å²) in [5.41, 5.74) is -0.888. The van der Waals surface area contributed by atoms with Gasteiger partial charge in [0.05, 0.1) is 12.0 Å². The highest BCUT2D eigenvalue weighted by Crippen LogP contribution is 2.31. The number of ether oxygens (including phenoxy) is 1. The van der Waals surface area contributed by atoms with Gasteiger partial charge < -0.3 is 10.1 Å². The Morgan fingerprint density at radius 2 is 1.91 bits per heavy atom. The maximum atomic E-state index is 12.7. The zero-order valence-electron chi connectivity index (χ0n) is 13.7. The molecule has 0 spiro atoms. The molecule has 1 atom stereocenters. The molecule has 1 unspecified atom stereocenters. The summed E-state index contributed by atoms with van der Waals surface area (Å²) in [6, 6.07) is -0.670. The maximum absolute atomic E-state index is 12.7. The quantitative estimate of drug-likeness (QED) is 0.638. The van der Waals surface area contributed by atoms with Crippen molar-refractivity contribution in [2.75, 3.05) is 24.4 Å². The number of nitrogens with one attached hydrogen (secondary N) is 1. The van der Waals surface area contributed by atoms with E-state index in [0.717, 1.165) is 17.5 Å². The van der Waals surface area contributed by atoms with Crippen molar-refractivity contribution in [3.05, 3.63) is 24.3 Å². The van der Waals surface area contributed by atoms with Gasteiger partial charge >= 0.3 is 5.97 Å². The van der Waals surface area contributed by atoms with Gasteiger partial charge in [0.2, 0.25) is 5.91 Å². The Morgan fingerprint density at radius 3 is 2.43 bits per heavy atom. The van der Waals surface area contributed by atoms with E-state index in [0.29, 0.717) is 12.2 Å². The Kier molecular flexibility index (Phi) is 8.47. The second-order valence-corrected chi connectivity index (χ2v) is 7.24. The van der Waals surface area contributed by atoms with E-state index in [4.69, 9.17) is 4.74 Å². The third-order valence-electron chi connectivity index (χ3n) is 3.32. The second-order valence-electron chi connectivity index (χ2n) is 5.10. The van der Waals surface area contributed by atoms with Gasteiger partial charge in [-0.1, -0.05) is 36.1 Å². The molecule has 1 amide bonds. The van der Waals surface area contributed by atoms with Gasteiger partial charge in [-0.15, -0.1) is 0 Å². The van der Waals surface area contributed by atoms with Crippen LogP contribution in [0.25, 0.3) is 0 Å². The van der Waals surface area contributed by atoms with Crippen LogP contribution in [0.3, 0.4) is 0 Å². The lowest BCUT2D eigenvalue weighted by molar-refractivity contribution is -0.148. The Bertz CT molecular complexity index is 490. The van der Waals surface area contributed by atoms with Crippen LogP contribution in [-0.2, 0) is 19.1 Å². The van der Waals surface area contributed by atoms with Gasteiger partial charge in [0.25, 0.3) is 0 Å². The standard InChI is InChI=1S/C16H23NO4S2/c1-4-21-14(19)13(7-10-22-3)17-15(20)16(8-5-6-9-16)11-23-12(2)18/h5-6,8-9,13H,4,7,10-11H2,1-3H3,(H,17,20). The molecule has 0 bridgehead atoms. The van der Waals surface area contributed by atoms with Crippen LogP contribution in [0.15, 0.2) is 24.3 Å². The van der Waals surface area contributed by atoms with E-state index >= 15 is 0 Å². The van der Waals surface area contributed by atoms with Gasteiger partial charge in [0, 0.05) is 12.7 Å². The predicted octanol–water partition coefficient (Wildman–Crippen LogP) is 2.18. The molecule has 0 saturated carbocycles. The Hall–Kier alpha value is -1.21. The van der Waals surface area contributed by atoms with Crippen LogP contribution in [0.2, 0.25) is 0 Å². The zero-order chi connectivity index (χ0) is 17.3. The molecule has 1 aliphatic rings. The lowest BCUT2D eigenvalue weighted by Crippen LogP contribution is -2.48. The molecule has 0 aliphatic heterocycles. The van der Waals surface area contributed by atoms with Crippen LogP contribution in [0.1, 0.15) is 20.3 Å². The summed E-state index contributed by atoms with van der Waals surface area (Å²) in [4.78, 5) is 36.0.